The number of pyridine rings is 2. The molecule has 0 unspecified atom stereocenters. The standard InChI is InChI=1S/C21H18FN3O3/c1-13-4-6-15(11-16(13)22)21(8-10-28-17-3-2-9-23-19(17)21)25-20(27)14-5-7-18(26)24-12-14/h2-7,9,11-12H,8,10H2,1H3,(H,24,26)(H,25,27)/t21-/m0/s1. The zero-order valence-corrected chi connectivity index (χ0v) is 15.2. The Morgan fingerprint density at radius 2 is 2.14 bits per heavy atom. The minimum absolute atomic E-state index is 0.288. The van der Waals surface area contributed by atoms with Crippen LogP contribution in [0.1, 0.15) is 33.6 Å². The molecule has 0 fully saturated rings. The maximum Gasteiger partial charge on any atom is 0.253 e. The minimum atomic E-state index is -1.06. The first kappa shape index (κ1) is 17.9. The van der Waals surface area contributed by atoms with E-state index in [1.165, 1.54) is 24.4 Å². The van der Waals surface area contributed by atoms with E-state index in [4.69, 9.17) is 4.74 Å². The van der Waals surface area contributed by atoms with Crippen molar-refractivity contribution < 1.29 is 13.9 Å². The van der Waals surface area contributed by atoms with Gasteiger partial charge in [0.15, 0.2) is 0 Å². The van der Waals surface area contributed by atoms with Gasteiger partial charge in [0, 0.05) is 24.9 Å². The number of halogens is 1. The molecular weight excluding hydrogens is 361 g/mol. The highest BCUT2D eigenvalue weighted by molar-refractivity contribution is 5.94. The highest BCUT2D eigenvalue weighted by Crippen LogP contribution is 2.41. The summed E-state index contributed by atoms with van der Waals surface area (Å²) in [5.74, 6) is -0.230. The molecule has 0 saturated carbocycles. The van der Waals surface area contributed by atoms with Crippen molar-refractivity contribution in [2.75, 3.05) is 6.61 Å². The van der Waals surface area contributed by atoms with E-state index in [9.17, 15) is 14.0 Å². The number of H-pyrrole nitrogens is 1. The van der Waals surface area contributed by atoms with Crippen molar-refractivity contribution in [3.63, 3.8) is 0 Å². The van der Waals surface area contributed by atoms with E-state index < -0.39 is 11.4 Å². The fourth-order valence-electron chi connectivity index (χ4n) is 3.41. The van der Waals surface area contributed by atoms with Crippen LogP contribution < -0.4 is 15.6 Å². The molecule has 2 aromatic heterocycles. The number of aromatic amines is 1. The lowest BCUT2D eigenvalue weighted by Crippen LogP contribution is -2.50. The van der Waals surface area contributed by atoms with Crippen LogP contribution in [-0.2, 0) is 5.54 Å². The molecule has 3 aromatic rings. The SMILES string of the molecule is Cc1ccc([C@@]2(NC(=O)c3ccc(=O)[nH]c3)CCOc3cccnc32)cc1F. The van der Waals surface area contributed by atoms with Crippen LogP contribution in [0.25, 0.3) is 0 Å². The van der Waals surface area contributed by atoms with Gasteiger partial charge in [-0.05, 0) is 42.3 Å². The van der Waals surface area contributed by atoms with E-state index in [0.717, 1.165) is 0 Å². The highest BCUT2D eigenvalue weighted by Gasteiger charge is 2.42. The predicted octanol–water partition coefficient (Wildman–Crippen LogP) is 2.67. The predicted molar refractivity (Wildman–Crippen MR) is 101 cm³/mol. The second kappa shape index (κ2) is 6.92. The first-order valence-corrected chi connectivity index (χ1v) is 8.86. The number of ether oxygens (including phenoxy) is 1. The zero-order chi connectivity index (χ0) is 19.7. The molecule has 1 atom stereocenters. The molecule has 1 aliphatic rings. The molecule has 1 amide bonds. The molecule has 6 nitrogen and oxygen atoms in total. The van der Waals surface area contributed by atoms with Crippen molar-refractivity contribution >= 4 is 5.91 Å². The lowest BCUT2D eigenvalue weighted by Gasteiger charge is -2.39. The number of nitrogens with zero attached hydrogens (tertiary/aromatic N) is 1. The summed E-state index contributed by atoms with van der Waals surface area (Å²) in [6.07, 6.45) is 3.34. The van der Waals surface area contributed by atoms with Gasteiger partial charge in [-0.1, -0.05) is 12.1 Å². The third kappa shape index (κ3) is 3.05. The van der Waals surface area contributed by atoms with Crippen molar-refractivity contribution in [3.8, 4) is 5.75 Å². The van der Waals surface area contributed by atoms with Crippen LogP contribution in [0, 0.1) is 12.7 Å². The van der Waals surface area contributed by atoms with Crippen molar-refractivity contribution in [1.29, 1.82) is 0 Å². The number of fused-ring (bicyclic) bond motifs is 1. The van der Waals surface area contributed by atoms with Gasteiger partial charge < -0.3 is 15.0 Å². The van der Waals surface area contributed by atoms with Crippen LogP contribution in [0.3, 0.4) is 0 Å². The molecule has 0 saturated heterocycles. The van der Waals surface area contributed by atoms with Crippen molar-refractivity contribution in [2.24, 2.45) is 0 Å². The number of carbonyl (C=O) groups is 1. The Kier molecular flexibility index (Phi) is 4.43. The molecule has 0 aliphatic carbocycles. The number of benzene rings is 1. The van der Waals surface area contributed by atoms with Crippen LogP contribution >= 0.6 is 0 Å². The molecule has 1 aliphatic heterocycles. The van der Waals surface area contributed by atoms with E-state index in [2.05, 4.69) is 15.3 Å². The van der Waals surface area contributed by atoms with Gasteiger partial charge in [-0.25, -0.2) is 4.39 Å². The number of hydrogen-bond acceptors (Lipinski definition) is 4. The smallest absolute Gasteiger partial charge is 0.253 e. The summed E-state index contributed by atoms with van der Waals surface area (Å²) in [6, 6.07) is 11.1. The summed E-state index contributed by atoms with van der Waals surface area (Å²) in [4.78, 5) is 31.2. The number of aryl methyl sites for hydroxylation is 1. The summed E-state index contributed by atoms with van der Waals surface area (Å²) in [7, 11) is 0. The highest BCUT2D eigenvalue weighted by atomic mass is 19.1. The summed E-state index contributed by atoms with van der Waals surface area (Å²) in [5.41, 5.74) is 0.537. The Bertz CT molecular complexity index is 1090. The third-order valence-corrected chi connectivity index (χ3v) is 4.95. The van der Waals surface area contributed by atoms with Gasteiger partial charge in [0.2, 0.25) is 5.56 Å². The molecule has 1 aromatic carbocycles. The van der Waals surface area contributed by atoms with Crippen molar-refractivity contribution in [2.45, 2.75) is 18.9 Å². The van der Waals surface area contributed by atoms with Gasteiger partial charge >= 0.3 is 0 Å². The van der Waals surface area contributed by atoms with Crippen LogP contribution in [0.5, 0.6) is 5.75 Å². The maximum atomic E-state index is 14.4. The fraction of sp³-hybridized carbons (Fsp3) is 0.190. The van der Waals surface area contributed by atoms with Crippen LogP contribution in [0.4, 0.5) is 4.39 Å². The number of aromatic nitrogens is 2. The average molecular weight is 379 g/mol. The molecule has 0 spiro atoms. The van der Waals surface area contributed by atoms with Crippen LogP contribution in [0.15, 0.2) is 59.7 Å². The topological polar surface area (TPSA) is 84.1 Å². The lowest BCUT2D eigenvalue weighted by molar-refractivity contribution is 0.0883. The molecule has 3 heterocycles. The quantitative estimate of drug-likeness (QED) is 0.733. The van der Waals surface area contributed by atoms with E-state index in [1.54, 1.807) is 37.4 Å². The normalized spacial score (nSPS) is 18.1. The molecular formula is C21H18FN3O3. The molecule has 4 rings (SSSR count). The maximum absolute atomic E-state index is 14.4. The van der Waals surface area contributed by atoms with Gasteiger partial charge in [0.05, 0.1) is 12.2 Å². The van der Waals surface area contributed by atoms with Crippen molar-refractivity contribution in [1.82, 2.24) is 15.3 Å². The van der Waals surface area contributed by atoms with Gasteiger partial charge in [-0.15, -0.1) is 0 Å². The van der Waals surface area contributed by atoms with E-state index in [0.29, 0.717) is 35.6 Å². The van der Waals surface area contributed by atoms with Gasteiger partial charge in [-0.3, -0.25) is 14.6 Å². The Morgan fingerprint density at radius 3 is 2.89 bits per heavy atom. The number of carbonyl (C=O) groups excluding carboxylic acids is 1. The minimum Gasteiger partial charge on any atom is -0.491 e. The summed E-state index contributed by atoms with van der Waals surface area (Å²) < 4.78 is 20.1. The third-order valence-electron chi connectivity index (χ3n) is 4.95. The van der Waals surface area contributed by atoms with E-state index in [1.807, 2.05) is 0 Å². The first-order valence-electron chi connectivity index (χ1n) is 8.86. The Morgan fingerprint density at radius 1 is 1.29 bits per heavy atom. The second-order valence-corrected chi connectivity index (χ2v) is 6.71. The number of hydrogen-bond donors (Lipinski definition) is 2. The molecule has 142 valence electrons. The number of nitrogens with one attached hydrogen (secondary N) is 2. The van der Waals surface area contributed by atoms with Crippen LogP contribution in [0.2, 0.25) is 0 Å². The lowest BCUT2D eigenvalue weighted by atomic mass is 9.80. The number of amides is 1. The first-order chi connectivity index (χ1) is 13.5. The summed E-state index contributed by atoms with van der Waals surface area (Å²) in [6.45, 7) is 2.01. The van der Waals surface area contributed by atoms with Gasteiger partial charge in [-0.2, -0.15) is 0 Å². The van der Waals surface area contributed by atoms with E-state index >= 15 is 0 Å². The Hall–Kier alpha value is -3.48. The second-order valence-electron chi connectivity index (χ2n) is 6.71. The average Bonchev–Trinajstić information content (AvgIpc) is 2.70. The summed E-state index contributed by atoms with van der Waals surface area (Å²) >= 11 is 0. The van der Waals surface area contributed by atoms with E-state index in [-0.39, 0.29) is 16.9 Å². The van der Waals surface area contributed by atoms with Gasteiger partial charge in [0.1, 0.15) is 22.8 Å². The molecule has 28 heavy (non-hydrogen) atoms. The molecule has 0 radical (unpaired) electrons. The largest absolute Gasteiger partial charge is 0.491 e. The molecule has 2 N–H and O–H groups in total. The number of rotatable bonds is 3. The Labute approximate surface area is 160 Å². The summed E-state index contributed by atoms with van der Waals surface area (Å²) in [5, 5.41) is 3.02. The van der Waals surface area contributed by atoms with Crippen molar-refractivity contribution in [3.05, 3.63) is 93.4 Å². The van der Waals surface area contributed by atoms with Crippen LogP contribution in [-0.4, -0.2) is 22.5 Å². The molecule has 0 bridgehead atoms. The van der Waals surface area contributed by atoms with Gasteiger partial charge in [0.25, 0.3) is 5.91 Å². The molecule has 7 heteroatoms. The fourth-order valence-corrected chi connectivity index (χ4v) is 3.41. The Balaban J connectivity index is 1.85. The monoisotopic (exact) mass is 379 g/mol. The zero-order valence-electron chi connectivity index (χ0n) is 15.2.